The third kappa shape index (κ3) is 4.64. The van der Waals surface area contributed by atoms with Gasteiger partial charge in [-0.1, -0.05) is 145 Å². The van der Waals surface area contributed by atoms with Crippen molar-refractivity contribution in [2.75, 3.05) is 0 Å². The molecule has 8 aromatic rings. The molecule has 0 fully saturated rings. The Balaban J connectivity index is 1.32. The second kappa shape index (κ2) is 11.1. The first-order chi connectivity index (χ1) is 31.3. The minimum atomic E-state index is -1.56. The maximum Gasteiger partial charge on any atom is 0.164 e. The van der Waals surface area contributed by atoms with Crippen molar-refractivity contribution in [2.45, 2.75) is 12.0 Å². The number of benzene rings is 7. The number of ether oxygens (including phenoxy) is 1. The number of allylic oxidation sites excluding steroid dienone is 2. The molecule has 2 atom stereocenters. The van der Waals surface area contributed by atoms with Crippen molar-refractivity contribution >= 4 is 43.5 Å². The van der Waals surface area contributed by atoms with Crippen LogP contribution < -0.4 is 4.74 Å². The minimum absolute atomic E-state index is 0.0612. The summed E-state index contributed by atoms with van der Waals surface area (Å²) < 4.78 is 156. The van der Waals surface area contributed by atoms with Gasteiger partial charge in [0, 0.05) is 27.8 Å². The van der Waals surface area contributed by atoms with Gasteiger partial charge in [-0.05, 0) is 56.0 Å². The van der Waals surface area contributed by atoms with E-state index in [1.165, 1.54) is 6.07 Å². The number of para-hydroxylation sites is 1. The van der Waals surface area contributed by atoms with E-state index in [4.69, 9.17) is 28.9 Å². The summed E-state index contributed by atoms with van der Waals surface area (Å²) in [5.41, 5.74) is -0.919. The zero-order valence-electron chi connectivity index (χ0n) is 42.2. The van der Waals surface area contributed by atoms with Gasteiger partial charge in [-0.15, -0.1) is 0 Å². The first-order valence-electron chi connectivity index (χ1n) is 23.8. The van der Waals surface area contributed by atoms with Gasteiger partial charge in [-0.3, -0.25) is 0 Å². The van der Waals surface area contributed by atoms with E-state index < -0.39 is 142 Å². The van der Waals surface area contributed by atoms with Gasteiger partial charge in [0.1, 0.15) is 11.9 Å². The molecule has 4 heteroatoms. The van der Waals surface area contributed by atoms with Crippen molar-refractivity contribution in [3.63, 3.8) is 0 Å². The highest BCUT2D eigenvalue weighted by Gasteiger charge is 2.42. The van der Waals surface area contributed by atoms with Crippen LogP contribution in [0.5, 0.6) is 5.75 Å². The van der Waals surface area contributed by atoms with E-state index in [-0.39, 0.29) is 34.1 Å². The summed E-state index contributed by atoms with van der Waals surface area (Å²) in [6.07, 6.45) is -1.56. The number of nitrogens with zero attached hydrogens (tertiary/aromatic N) is 3. The zero-order chi connectivity index (χ0) is 47.1. The molecule has 49 heavy (non-hydrogen) atoms. The Bertz CT molecular complexity index is 3600. The Labute approximate surface area is 307 Å². The molecule has 7 aromatic carbocycles. The monoisotopic (exact) mass is 644 g/mol. The van der Waals surface area contributed by atoms with Crippen molar-refractivity contribution in [2.24, 2.45) is 0 Å². The standard InChI is InChI=1S/C45H29N3O/c1-2-12-31(13-3-1)43-46-44(34-23-21-30-20-19-29-11-6-7-15-35(29)39(30)27-34)48-45(47-43)38-25-24-36(33-22-18-28-10-4-5-14-32(28)26-33)42-41(38)37-16-8-9-17-40(37)49-42/h1-27,41-42H/i1D,2D,3D,4D,5D,8D,9D,10D,12D,13D,14D,17D,18D,22D,24D,25D,26D. The lowest BCUT2D eigenvalue weighted by atomic mass is 9.78. The van der Waals surface area contributed by atoms with Crippen LogP contribution in [0, 0.1) is 0 Å². The van der Waals surface area contributed by atoms with Crippen molar-refractivity contribution in [3.05, 3.63) is 180 Å². The Morgan fingerprint density at radius 2 is 1.22 bits per heavy atom. The van der Waals surface area contributed by atoms with E-state index in [1.807, 2.05) is 48.5 Å². The zero-order valence-corrected chi connectivity index (χ0v) is 25.2. The summed E-state index contributed by atoms with van der Waals surface area (Å²) >= 11 is 0. The van der Waals surface area contributed by atoms with E-state index in [9.17, 15) is 4.11 Å². The molecule has 0 bridgehead atoms. The van der Waals surface area contributed by atoms with Gasteiger partial charge in [0.05, 0.1) is 29.2 Å². The lowest BCUT2D eigenvalue weighted by molar-refractivity contribution is 0.281. The van der Waals surface area contributed by atoms with E-state index in [0.29, 0.717) is 5.56 Å². The van der Waals surface area contributed by atoms with E-state index in [0.717, 1.165) is 21.5 Å². The maximum absolute atomic E-state index is 9.72. The molecule has 0 spiro atoms. The molecule has 0 saturated carbocycles. The van der Waals surface area contributed by atoms with Gasteiger partial charge >= 0.3 is 0 Å². The Morgan fingerprint density at radius 3 is 2.12 bits per heavy atom. The van der Waals surface area contributed by atoms with E-state index in [1.54, 1.807) is 6.07 Å². The predicted molar refractivity (Wildman–Crippen MR) is 199 cm³/mol. The fraction of sp³-hybridized carbons (Fsp3) is 0.0444. The third-order valence-corrected chi connectivity index (χ3v) is 8.67. The molecule has 2 unspecified atom stereocenters. The summed E-state index contributed by atoms with van der Waals surface area (Å²) in [5.74, 6) is -2.39. The summed E-state index contributed by atoms with van der Waals surface area (Å²) in [5, 5.41) is 2.69. The molecular formula is C45H29N3O. The topological polar surface area (TPSA) is 47.9 Å². The first-order valence-corrected chi connectivity index (χ1v) is 15.3. The van der Waals surface area contributed by atoms with Gasteiger partial charge in [-0.25, -0.2) is 15.0 Å². The van der Waals surface area contributed by atoms with Crippen molar-refractivity contribution in [1.82, 2.24) is 15.0 Å². The smallest absolute Gasteiger partial charge is 0.164 e. The maximum atomic E-state index is 9.72. The van der Waals surface area contributed by atoms with E-state index in [2.05, 4.69) is 9.97 Å². The summed E-state index contributed by atoms with van der Waals surface area (Å²) in [6, 6.07) is 7.36. The summed E-state index contributed by atoms with van der Waals surface area (Å²) in [4.78, 5) is 14.2. The molecule has 2 heterocycles. The molecule has 10 rings (SSSR count). The highest BCUT2D eigenvalue weighted by Crippen LogP contribution is 2.51. The fourth-order valence-electron chi connectivity index (χ4n) is 6.40. The Morgan fingerprint density at radius 1 is 0.510 bits per heavy atom. The molecule has 0 saturated heterocycles. The van der Waals surface area contributed by atoms with Crippen molar-refractivity contribution in [1.29, 1.82) is 0 Å². The number of rotatable bonds is 4. The molecule has 230 valence electrons. The van der Waals surface area contributed by atoms with Crippen LogP contribution in [0.4, 0.5) is 0 Å². The second-order valence-corrected chi connectivity index (χ2v) is 11.4. The highest BCUT2D eigenvalue weighted by molar-refractivity contribution is 6.08. The number of aromatic nitrogens is 3. The van der Waals surface area contributed by atoms with Crippen LogP contribution in [0.3, 0.4) is 0 Å². The fourth-order valence-corrected chi connectivity index (χ4v) is 6.40. The lowest BCUT2D eigenvalue weighted by Gasteiger charge is -2.27. The lowest BCUT2D eigenvalue weighted by Crippen LogP contribution is -2.25. The van der Waals surface area contributed by atoms with Gasteiger partial charge in [-0.2, -0.15) is 0 Å². The first kappa shape index (κ1) is 15.7. The molecule has 0 N–H and O–H groups in total. The molecule has 4 nitrogen and oxygen atoms in total. The number of fused-ring (bicyclic) bond motifs is 7. The second-order valence-electron chi connectivity index (χ2n) is 11.4. The van der Waals surface area contributed by atoms with Crippen LogP contribution in [-0.4, -0.2) is 21.1 Å². The van der Waals surface area contributed by atoms with Crippen molar-refractivity contribution in [3.8, 4) is 28.5 Å². The third-order valence-electron chi connectivity index (χ3n) is 8.67. The van der Waals surface area contributed by atoms with Crippen LogP contribution in [0.15, 0.2) is 163 Å². The van der Waals surface area contributed by atoms with Crippen molar-refractivity contribution < 1.29 is 28.0 Å². The molecule has 0 radical (unpaired) electrons. The van der Waals surface area contributed by atoms with Gasteiger partial charge in [0.15, 0.2) is 17.5 Å². The number of hydrogen-bond acceptors (Lipinski definition) is 4. The molecular weight excluding hydrogens is 599 g/mol. The molecule has 2 aliphatic rings. The Kier molecular flexibility index (Phi) is 3.55. The van der Waals surface area contributed by atoms with Gasteiger partial charge in [0.2, 0.25) is 0 Å². The molecule has 1 aliphatic carbocycles. The summed E-state index contributed by atoms with van der Waals surface area (Å²) in [6.45, 7) is 0. The van der Waals surface area contributed by atoms with Crippen LogP contribution >= 0.6 is 0 Å². The quantitative estimate of drug-likeness (QED) is 0.179. The van der Waals surface area contributed by atoms with Crippen LogP contribution in [0.2, 0.25) is 0 Å². The number of hydrogen-bond donors (Lipinski definition) is 0. The van der Waals surface area contributed by atoms with Gasteiger partial charge < -0.3 is 4.74 Å². The largest absolute Gasteiger partial charge is 0.484 e. The Hall–Kier alpha value is -6.39. The molecule has 0 amide bonds. The average Bonchev–Trinajstić information content (AvgIpc) is 3.68. The normalized spacial score (nSPS) is 21.8. The summed E-state index contributed by atoms with van der Waals surface area (Å²) in [7, 11) is 0. The SMILES string of the molecule is [2H]C1=C(c2c([2H])c([2H])c3c([2H])c([2H])c([2H])c([2H])c3c2[2H])C2Oc3c(cc([2H])c([2H])c3[2H])C2C(c2nc(-c3ccc4ccc5ccccc5c4c3)nc(-c3c([2H])c([2H])c([2H])c([2H])c3[2H])n2)=C1[2H]. The van der Waals surface area contributed by atoms with E-state index >= 15 is 0 Å². The minimum Gasteiger partial charge on any atom is -0.484 e. The average molecular weight is 645 g/mol. The van der Waals surface area contributed by atoms with Gasteiger partial charge in [0.25, 0.3) is 0 Å². The predicted octanol–water partition coefficient (Wildman–Crippen LogP) is 10.7. The molecule has 1 aliphatic heterocycles. The van der Waals surface area contributed by atoms with Crippen LogP contribution in [0.25, 0.3) is 66.2 Å². The van der Waals surface area contributed by atoms with Crippen LogP contribution in [-0.2, 0) is 0 Å². The highest BCUT2D eigenvalue weighted by atomic mass is 16.5. The van der Waals surface area contributed by atoms with Crippen LogP contribution in [0.1, 0.15) is 46.2 Å². The molecule has 1 aromatic heterocycles.